The molecule has 0 N–H and O–H groups in total. The van der Waals surface area contributed by atoms with Crippen LogP contribution in [0.15, 0.2) is 36.4 Å². The van der Waals surface area contributed by atoms with Crippen molar-refractivity contribution >= 4 is 34.2 Å². The van der Waals surface area contributed by atoms with E-state index in [1.54, 1.807) is 4.90 Å². The topological polar surface area (TPSA) is 38.8 Å². The Morgan fingerprint density at radius 1 is 1.04 bits per heavy atom. The Balaban J connectivity index is 2.06. The molecule has 0 saturated carbocycles. The summed E-state index contributed by atoms with van der Waals surface area (Å²) in [5, 5.41) is 0. The van der Waals surface area contributed by atoms with Crippen LogP contribution in [0.1, 0.15) is 22.3 Å². The zero-order valence-electron chi connectivity index (χ0n) is 14.2. The van der Waals surface area contributed by atoms with Gasteiger partial charge in [0.05, 0.1) is 12.2 Å². The summed E-state index contributed by atoms with van der Waals surface area (Å²) in [5.41, 5.74) is 5.13. The average Bonchev–Trinajstić information content (AvgIpc) is 2.79. The third-order valence-electron chi connectivity index (χ3n) is 4.62. The van der Waals surface area contributed by atoms with Gasteiger partial charge in [0.2, 0.25) is 0 Å². The first kappa shape index (κ1) is 17.4. The molecule has 1 amide bonds. The van der Waals surface area contributed by atoms with Gasteiger partial charge in [-0.05, 0) is 71.3 Å². The second kappa shape index (κ2) is 6.46. The lowest BCUT2D eigenvalue weighted by atomic mass is 10.1. The molecular formula is C19H20INO3. The van der Waals surface area contributed by atoms with Crippen LogP contribution in [0.4, 0.5) is 5.69 Å². The molecule has 0 aromatic heterocycles. The van der Waals surface area contributed by atoms with Gasteiger partial charge in [0, 0.05) is 23.4 Å². The van der Waals surface area contributed by atoms with Gasteiger partial charge >= 0.3 is 0 Å². The molecule has 126 valence electrons. The monoisotopic (exact) mass is 437 g/mol. The van der Waals surface area contributed by atoms with Gasteiger partial charge in [-0.1, -0.05) is 18.2 Å². The molecule has 1 aliphatic heterocycles. The van der Waals surface area contributed by atoms with E-state index in [1.807, 2.05) is 18.2 Å². The molecule has 1 heterocycles. The number of fused-ring (bicyclic) bond motifs is 1. The third-order valence-corrected chi connectivity index (χ3v) is 5.29. The van der Waals surface area contributed by atoms with Gasteiger partial charge in [-0.3, -0.25) is 4.79 Å². The van der Waals surface area contributed by atoms with Crippen molar-refractivity contribution < 1.29 is 14.3 Å². The van der Waals surface area contributed by atoms with E-state index >= 15 is 0 Å². The van der Waals surface area contributed by atoms with Gasteiger partial charge in [-0.25, -0.2) is 0 Å². The number of rotatable bonds is 4. The quantitative estimate of drug-likeness (QED) is 0.538. The molecule has 2 aromatic carbocycles. The van der Waals surface area contributed by atoms with Gasteiger partial charge in [-0.2, -0.15) is 0 Å². The largest absolute Gasteiger partial charge is 0.342 e. The van der Waals surface area contributed by atoms with E-state index in [2.05, 4.69) is 54.6 Å². The number of carbonyl (C=O) groups is 1. The van der Waals surface area contributed by atoms with E-state index in [1.165, 1.54) is 25.3 Å². The minimum absolute atomic E-state index is 0.192. The van der Waals surface area contributed by atoms with Crippen molar-refractivity contribution in [1.82, 2.24) is 0 Å². The number of aryl methyl sites for hydroxylation is 2. The molecule has 5 heteroatoms. The predicted molar refractivity (Wildman–Crippen MR) is 102 cm³/mol. The number of anilines is 1. The van der Waals surface area contributed by atoms with E-state index < -0.39 is 5.79 Å². The van der Waals surface area contributed by atoms with Crippen molar-refractivity contribution in [3.63, 3.8) is 0 Å². The molecule has 0 spiro atoms. The molecule has 3 rings (SSSR count). The molecule has 0 bridgehead atoms. The van der Waals surface area contributed by atoms with Gasteiger partial charge in [0.25, 0.3) is 11.7 Å². The van der Waals surface area contributed by atoms with Crippen LogP contribution in [0.3, 0.4) is 0 Å². The molecule has 2 aromatic rings. The number of benzene rings is 2. The number of nitrogens with zero attached hydrogens (tertiary/aromatic N) is 1. The third kappa shape index (κ3) is 2.64. The molecule has 24 heavy (non-hydrogen) atoms. The molecular weight excluding hydrogens is 417 g/mol. The zero-order chi connectivity index (χ0) is 17.5. The van der Waals surface area contributed by atoms with Crippen LogP contribution in [-0.4, -0.2) is 20.1 Å². The predicted octanol–water partition coefficient (Wildman–Crippen LogP) is 3.90. The van der Waals surface area contributed by atoms with Gasteiger partial charge in [0.15, 0.2) is 0 Å². The highest BCUT2D eigenvalue weighted by molar-refractivity contribution is 14.1. The summed E-state index contributed by atoms with van der Waals surface area (Å²) in [7, 11) is 3.01. The second-order valence-electron chi connectivity index (χ2n) is 6.00. The van der Waals surface area contributed by atoms with Crippen molar-refractivity contribution in [2.75, 3.05) is 19.1 Å². The first-order valence-electron chi connectivity index (χ1n) is 7.71. The van der Waals surface area contributed by atoms with Crippen molar-refractivity contribution in [3.8, 4) is 0 Å². The normalized spacial score (nSPS) is 15.7. The van der Waals surface area contributed by atoms with Crippen molar-refractivity contribution in [1.29, 1.82) is 0 Å². The van der Waals surface area contributed by atoms with Gasteiger partial charge in [-0.15, -0.1) is 0 Å². The smallest absolute Gasteiger partial charge is 0.292 e. The summed E-state index contributed by atoms with van der Waals surface area (Å²) >= 11 is 2.23. The maximum absolute atomic E-state index is 13.1. The average molecular weight is 437 g/mol. The molecule has 0 aliphatic carbocycles. The Bertz CT molecular complexity index is 799. The Hall–Kier alpha value is -1.44. The van der Waals surface area contributed by atoms with Crippen LogP contribution >= 0.6 is 22.6 Å². The maximum Gasteiger partial charge on any atom is 0.292 e. The molecule has 0 unspecified atom stereocenters. The van der Waals surface area contributed by atoms with Gasteiger partial charge < -0.3 is 14.4 Å². The Kier molecular flexibility index (Phi) is 4.68. The Labute approximate surface area is 155 Å². The second-order valence-corrected chi connectivity index (χ2v) is 7.24. The number of hydrogen-bond acceptors (Lipinski definition) is 3. The number of hydrogen-bond donors (Lipinski definition) is 0. The number of ether oxygens (including phenoxy) is 2. The first-order chi connectivity index (χ1) is 11.4. The number of carbonyl (C=O) groups excluding carboxylic acids is 1. The minimum Gasteiger partial charge on any atom is -0.342 e. The molecule has 0 fully saturated rings. The number of methoxy groups -OCH3 is 2. The fraction of sp³-hybridized carbons (Fsp3) is 0.316. The number of amides is 1. The van der Waals surface area contributed by atoms with E-state index in [4.69, 9.17) is 9.47 Å². The lowest BCUT2D eigenvalue weighted by Gasteiger charge is -2.25. The van der Waals surface area contributed by atoms with Crippen LogP contribution in [0.25, 0.3) is 0 Å². The van der Waals surface area contributed by atoms with Crippen LogP contribution < -0.4 is 4.90 Å². The van der Waals surface area contributed by atoms with Gasteiger partial charge in [0.1, 0.15) is 0 Å². The van der Waals surface area contributed by atoms with E-state index in [0.717, 1.165) is 20.4 Å². The van der Waals surface area contributed by atoms with Crippen LogP contribution in [0, 0.1) is 17.4 Å². The minimum atomic E-state index is -1.36. The summed E-state index contributed by atoms with van der Waals surface area (Å²) in [5.74, 6) is -1.56. The highest BCUT2D eigenvalue weighted by atomic mass is 127. The van der Waals surface area contributed by atoms with Crippen LogP contribution in [0.2, 0.25) is 0 Å². The fourth-order valence-corrected chi connectivity index (χ4v) is 3.62. The first-order valence-corrected chi connectivity index (χ1v) is 8.79. The summed E-state index contributed by atoms with van der Waals surface area (Å²) in [6, 6.07) is 12.1. The van der Waals surface area contributed by atoms with Crippen molar-refractivity contribution in [2.45, 2.75) is 26.2 Å². The summed E-state index contributed by atoms with van der Waals surface area (Å²) in [6.07, 6.45) is 0. The molecule has 4 nitrogen and oxygen atoms in total. The lowest BCUT2D eigenvalue weighted by Crippen LogP contribution is -2.43. The van der Waals surface area contributed by atoms with Crippen molar-refractivity contribution in [3.05, 3.63) is 62.2 Å². The van der Waals surface area contributed by atoms with Crippen LogP contribution in [-0.2, 0) is 26.6 Å². The van der Waals surface area contributed by atoms with E-state index in [9.17, 15) is 4.79 Å². The van der Waals surface area contributed by atoms with Crippen molar-refractivity contribution in [2.24, 2.45) is 0 Å². The molecule has 0 atom stereocenters. The summed E-state index contributed by atoms with van der Waals surface area (Å²) in [6.45, 7) is 4.65. The Morgan fingerprint density at radius 2 is 1.75 bits per heavy atom. The highest BCUT2D eigenvalue weighted by Crippen LogP contribution is 2.44. The highest BCUT2D eigenvalue weighted by Gasteiger charge is 2.52. The summed E-state index contributed by atoms with van der Waals surface area (Å²) < 4.78 is 12.1. The fourth-order valence-electron chi connectivity index (χ4n) is 3.13. The standard InChI is InChI=1S/C19H20INO3/c1-12-5-6-14(9-13(12)2)11-21-17-8-7-15(20)10-16(17)19(23-3,24-4)18(21)22/h5-10H,11H2,1-4H3. The number of halogens is 1. The lowest BCUT2D eigenvalue weighted by molar-refractivity contribution is -0.209. The molecule has 0 saturated heterocycles. The summed E-state index contributed by atoms with van der Waals surface area (Å²) in [4.78, 5) is 14.8. The van der Waals surface area contributed by atoms with E-state index in [0.29, 0.717) is 6.54 Å². The molecule has 1 aliphatic rings. The Morgan fingerprint density at radius 3 is 2.38 bits per heavy atom. The SMILES string of the molecule is COC1(OC)C(=O)N(Cc2ccc(C)c(C)c2)c2ccc(I)cc21. The maximum atomic E-state index is 13.1. The molecule has 0 radical (unpaired) electrons. The van der Waals surface area contributed by atoms with Crippen LogP contribution in [0.5, 0.6) is 0 Å². The van der Waals surface area contributed by atoms with E-state index in [-0.39, 0.29) is 5.91 Å². The zero-order valence-corrected chi connectivity index (χ0v) is 16.4.